The van der Waals surface area contributed by atoms with Gasteiger partial charge in [0.1, 0.15) is 5.75 Å². The normalized spacial score (nSPS) is 16.0. The molecule has 4 heteroatoms. The van der Waals surface area contributed by atoms with Crippen molar-refractivity contribution in [2.45, 2.75) is 12.3 Å². The third kappa shape index (κ3) is 2.84. The zero-order chi connectivity index (χ0) is 14.7. The molecule has 4 nitrogen and oxygen atoms in total. The lowest BCUT2D eigenvalue weighted by Gasteiger charge is -2.12. The summed E-state index contributed by atoms with van der Waals surface area (Å²) >= 11 is 0. The summed E-state index contributed by atoms with van der Waals surface area (Å²) in [6.45, 7) is 0.804. The molecule has 1 aliphatic rings. The molecule has 1 unspecified atom stereocenters. The second-order valence-electron chi connectivity index (χ2n) is 5.12. The summed E-state index contributed by atoms with van der Waals surface area (Å²) in [4.78, 5) is 12.3. The summed E-state index contributed by atoms with van der Waals surface area (Å²) in [5.74, 6) is 0.898. The number of fused-ring (bicyclic) bond motifs is 1. The van der Waals surface area contributed by atoms with Crippen LogP contribution in [-0.4, -0.2) is 19.6 Å². The van der Waals surface area contributed by atoms with Crippen molar-refractivity contribution >= 4 is 17.3 Å². The van der Waals surface area contributed by atoms with E-state index < -0.39 is 0 Å². The molecule has 1 amide bonds. The van der Waals surface area contributed by atoms with Gasteiger partial charge in [0.05, 0.1) is 12.8 Å². The second-order valence-corrected chi connectivity index (χ2v) is 5.12. The smallest absolute Gasteiger partial charge is 0.225 e. The minimum atomic E-state index is 0.00278. The molecule has 0 saturated carbocycles. The highest BCUT2D eigenvalue weighted by Gasteiger charge is 2.24. The number of carbonyl (C=O) groups is 1. The van der Waals surface area contributed by atoms with Crippen LogP contribution >= 0.6 is 0 Å². The number of ether oxygens (including phenoxy) is 1. The molecule has 0 bridgehead atoms. The fourth-order valence-electron chi connectivity index (χ4n) is 2.71. The topological polar surface area (TPSA) is 50.4 Å². The minimum Gasteiger partial charge on any atom is -0.495 e. The van der Waals surface area contributed by atoms with E-state index in [2.05, 4.69) is 16.7 Å². The maximum absolute atomic E-state index is 12.3. The molecule has 1 heterocycles. The van der Waals surface area contributed by atoms with E-state index in [1.807, 2.05) is 42.5 Å². The van der Waals surface area contributed by atoms with Gasteiger partial charge in [-0.05, 0) is 23.8 Å². The van der Waals surface area contributed by atoms with Gasteiger partial charge in [-0.25, -0.2) is 0 Å². The number of carbonyl (C=O) groups excluding carboxylic acids is 1. The van der Waals surface area contributed by atoms with Gasteiger partial charge in [-0.3, -0.25) is 4.79 Å². The zero-order valence-corrected chi connectivity index (χ0v) is 11.9. The van der Waals surface area contributed by atoms with Gasteiger partial charge in [0, 0.05) is 24.6 Å². The lowest BCUT2D eigenvalue weighted by Crippen LogP contribution is -2.17. The summed E-state index contributed by atoms with van der Waals surface area (Å²) in [7, 11) is 1.60. The Kier molecular flexibility index (Phi) is 3.77. The van der Waals surface area contributed by atoms with E-state index in [-0.39, 0.29) is 11.8 Å². The number of hydrogen-bond acceptors (Lipinski definition) is 3. The average Bonchev–Trinajstić information content (AvgIpc) is 2.91. The molecule has 0 spiro atoms. The lowest BCUT2D eigenvalue weighted by molar-refractivity contribution is -0.116. The van der Waals surface area contributed by atoms with Crippen molar-refractivity contribution in [3.63, 3.8) is 0 Å². The summed E-state index contributed by atoms with van der Waals surface area (Å²) < 4.78 is 5.25. The summed E-state index contributed by atoms with van der Waals surface area (Å²) in [5, 5.41) is 6.26. The van der Waals surface area contributed by atoms with Crippen LogP contribution < -0.4 is 15.4 Å². The third-order valence-electron chi connectivity index (χ3n) is 3.75. The molecule has 1 atom stereocenters. The molecule has 0 aromatic heterocycles. The molecule has 3 rings (SSSR count). The summed E-state index contributed by atoms with van der Waals surface area (Å²) in [6, 6.07) is 15.6. The predicted octanol–water partition coefficient (Wildman–Crippen LogP) is 3.23. The average molecular weight is 282 g/mol. The molecular weight excluding hydrogens is 264 g/mol. The maximum Gasteiger partial charge on any atom is 0.225 e. The highest BCUT2D eigenvalue weighted by atomic mass is 16.5. The van der Waals surface area contributed by atoms with Crippen LogP contribution in [0.5, 0.6) is 5.75 Å². The fourth-order valence-corrected chi connectivity index (χ4v) is 2.71. The van der Waals surface area contributed by atoms with Crippen LogP contribution in [0.25, 0.3) is 0 Å². The number of hydrogen-bond donors (Lipinski definition) is 2. The Morgan fingerprint density at radius 1 is 1.24 bits per heavy atom. The Bertz CT molecular complexity index is 655. The third-order valence-corrected chi connectivity index (χ3v) is 3.75. The first-order chi connectivity index (χ1) is 10.3. The molecule has 2 N–H and O–H groups in total. The molecule has 2 aromatic rings. The van der Waals surface area contributed by atoms with Gasteiger partial charge >= 0.3 is 0 Å². The molecule has 0 saturated heterocycles. The number of benzene rings is 2. The largest absolute Gasteiger partial charge is 0.495 e. The number of anilines is 2. The van der Waals surface area contributed by atoms with Crippen LogP contribution in [0.15, 0.2) is 48.5 Å². The first-order valence-corrected chi connectivity index (χ1v) is 7.03. The van der Waals surface area contributed by atoms with E-state index in [0.717, 1.165) is 12.2 Å². The van der Waals surface area contributed by atoms with E-state index in [1.165, 1.54) is 5.56 Å². The SMILES string of the molecule is COc1ccccc1NC(=O)CC1CNc2ccccc21. The predicted molar refractivity (Wildman–Crippen MR) is 83.9 cm³/mol. The van der Waals surface area contributed by atoms with E-state index >= 15 is 0 Å². The van der Waals surface area contributed by atoms with Crippen molar-refractivity contribution in [2.75, 3.05) is 24.3 Å². The van der Waals surface area contributed by atoms with E-state index in [9.17, 15) is 4.79 Å². The molecule has 0 radical (unpaired) electrons. The van der Waals surface area contributed by atoms with Crippen molar-refractivity contribution < 1.29 is 9.53 Å². The summed E-state index contributed by atoms with van der Waals surface area (Å²) in [6.07, 6.45) is 0.460. The first kappa shape index (κ1) is 13.5. The van der Waals surface area contributed by atoms with Crippen LogP contribution in [0.2, 0.25) is 0 Å². The van der Waals surface area contributed by atoms with Crippen molar-refractivity contribution in [3.05, 3.63) is 54.1 Å². The van der Waals surface area contributed by atoms with Crippen molar-refractivity contribution in [1.82, 2.24) is 0 Å². The van der Waals surface area contributed by atoms with Crippen LogP contribution in [0.3, 0.4) is 0 Å². The number of para-hydroxylation sites is 3. The highest BCUT2D eigenvalue weighted by Crippen LogP contribution is 2.33. The van der Waals surface area contributed by atoms with E-state index in [0.29, 0.717) is 17.9 Å². The quantitative estimate of drug-likeness (QED) is 0.905. The Morgan fingerprint density at radius 2 is 2.00 bits per heavy atom. The monoisotopic (exact) mass is 282 g/mol. The van der Waals surface area contributed by atoms with Gasteiger partial charge in [0.25, 0.3) is 0 Å². The summed E-state index contributed by atoms with van der Waals surface area (Å²) in [5.41, 5.74) is 3.06. The molecular formula is C17H18N2O2. The molecule has 0 fully saturated rings. The number of methoxy groups -OCH3 is 1. The number of rotatable bonds is 4. The molecule has 0 aliphatic carbocycles. The Hall–Kier alpha value is -2.49. The van der Waals surface area contributed by atoms with Crippen molar-refractivity contribution in [1.29, 1.82) is 0 Å². The van der Waals surface area contributed by atoms with Crippen molar-refractivity contribution in [2.24, 2.45) is 0 Å². The van der Waals surface area contributed by atoms with Gasteiger partial charge < -0.3 is 15.4 Å². The fraction of sp³-hybridized carbons (Fsp3) is 0.235. The van der Waals surface area contributed by atoms with E-state index in [1.54, 1.807) is 7.11 Å². The molecule has 1 aliphatic heterocycles. The molecule has 2 aromatic carbocycles. The maximum atomic E-state index is 12.3. The Labute approximate surface area is 124 Å². The van der Waals surface area contributed by atoms with Gasteiger partial charge in [-0.15, -0.1) is 0 Å². The number of amides is 1. The van der Waals surface area contributed by atoms with Crippen LogP contribution in [0, 0.1) is 0 Å². The van der Waals surface area contributed by atoms with Gasteiger partial charge in [-0.1, -0.05) is 30.3 Å². The zero-order valence-electron chi connectivity index (χ0n) is 11.9. The van der Waals surface area contributed by atoms with Crippen LogP contribution in [-0.2, 0) is 4.79 Å². The first-order valence-electron chi connectivity index (χ1n) is 7.03. The Balaban J connectivity index is 1.68. The van der Waals surface area contributed by atoms with E-state index in [4.69, 9.17) is 4.74 Å². The Morgan fingerprint density at radius 3 is 2.86 bits per heavy atom. The van der Waals surface area contributed by atoms with Gasteiger partial charge in [0.15, 0.2) is 0 Å². The van der Waals surface area contributed by atoms with Crippen LogP contribution in [0.4, 0.5) is 11.4 Å². The number of nitrogens with one attached hydrogen (secondary N) is 2. The molecule has 21 heavy (non-hydrogen) atoms. The van der Waals surface area contributed by atoms with Crippen molar-refractivity contribution in [3.8, 4) is 5.75 Å². The van der Waals surface area contributed by atoms with Gasteiger partial charge in [-0.2, -0.15) is 0 Å². The minimum absolute atomic E-state index is 0.00278. The second kappa shape index (κ2) is 5.87. The molecule has 108 valence electrons. The highest BCUT2D eigenvalue weighted by molar-refractivity contribution is 5.93. The lowest BCUT2D eigenvalue weighted by atomic mass is 9.97. The standard InChI is InChI=1S/C17H18N2O2/c1-21-16-9-5-4-8-15(16)19-17(20)10-12-11-18-14-7-3-2-6-13(12)14/h2-9,12,18H,10-11H2,1H3,(H,19,20). The van der Waals surface area contributed by atoms with Gasteiger partial charge in [0.2, 0.25) is 5.91 Å². The van der Waals surface area contributed by atoms with Crippen LogP contribution in [0.1, 0.15) is 17.9 Å².